The zero-order chi connectivity index (χ0) is 25.8. The number of nitrogens with one attached hydrogen (secondary N) is 1. The van der Waals surface area contributed by atoms with Crippen LogP contribution >= 0.6 is 0 Å². The minimum atomic E-state index is -0.412. The van der Waals surface area contributed by atoms with Crippen molar-refractivity contribution in [2.75, 3.05) is 26.6 Å². The molecule has 0 bridgehead atoms. The van der Waals surface area contributed by atoms with Gasteiger partial charge in [0.25, 0.3) is 11.4 Å². The number of anilines is 1. The SMILES string of the molecule is COc1ccc(-c2noc(-c3c(C)cc(C)n(CC(=O)Nc4cc(OC)ccc4OC)c3=O)n2)cc1. The summed E-state index contributed by atoms with van der Waals surface area (Å²) in [4.78, 5) is 30.8. The number of nitrogens with zero attached hydrogens (tertiary/aromatic N) is 3. The highest BCUT2D eigenvalue weighted by Gasteiger charge is 2.21. The first-order valence-corrected chi connectivity index (χ1v) is 11.1. The Balaban J connectivity index is 1.63. The van der Waals surface area contributed by atoms with Crippen LogP contribution in [0.5, 0.6) is 17.2 Å². The normalized spacial score (nSPS) is 10.7. The molecule has 0 atom stereocenters. The molecule has 4 rings (SSSR count). The molecule has 0 spiro atoms. The quantitative estimate of drug-likeness (QED) is 0.396. The molecule has 10 nitrogen and oxygen atoms in total. The molecule has 0 saturated carbocycles. The van der Waals surface area contributed by atoms with Gasteiger partial charge < -0.3 is 28.6 Å². The van der Waals surface area contributed by atoms with E-state index in [0.717, 1.165) is 0 Å². The number of benzene rings is 2. The molecule has 0 aliphatic carbocycles. The lowest BCUT2D eigenvalue weighted by atomic mass is 10.1. The second kappa shape index (κ2) is 10.3. The van der Waals surface area contributed by atoms with E-state index >= 15 is 0 Å². The van der Waals surface area contributed by atoms with E-state index in [1.54, 1.807) is 69.5 Å². The maximum atomic E-state index is 13.4. The van der Waals surface area contributed by atoms with Crippen molar-refractivity contribution in [3.05, 3.63) is 70.1 Å². The van der Waals surface area contributed by atoms with E-state index < -0.39 is 11.5 Å². The van der Waals surface area contributed by atoms with Gasteiger partial charge >= 0.3 is 0 Å². The standard InChI is InChI=1S/C26H26N4O6/c1-15-12-16(2)30(14-22(31)27-20-13-19(34-4)10-11-21(20)35-5)26(32)23(15)25-28-24(29-36-25)17-6-8-18(33-3)9-7-17/h6-13H,14H2,1-5H3,(H,27,31). The van der Waals surface area contributed by atoms with Gasteiger partial charge in [0.15, 0.2) is 0 Å². The molecule has 36 heavy (non-hydrogen) atoms. The van der Waals surface area contributed by atoms with Crippen molar-refractivity contribution in [1.29, 1.82) is 0 Å². The zero-order valence-corrected chi connectivity index (χ0v) is 20.6. The Morgan fingerprint density at radius 2 is 1.67 bits per heavy atom. The molecular weight excluding hydrogens is 464 g/mol. The Labute approximate surface area is 207 Å². The molecule has 1 N–H and O–H groups in total. The lowest BCUT2D eigenvalue weighted by Gasteiger charge is -2.15. The minimum absolute atomic E-state index is 0.0759. The smallest absolute Gasteiger partial charge is 0.264 e. The highest BCUT2D eigenvalue weighted by molar-refractivity contribution is 5.92. The van der Waals surface area contributed by atoms with Crippen LogP contribution in [0.3, 0.4) is 0 Å². The monoisotopic (exact) mass is 490 g/mol. The first kappa shape index (κ1) is 24.5. The van der Waals surface area contributed by atoms with Gasteiger partial charge in [-0.2, -0.15) is 4.98 Å². The van der Waals surface area contributed by atoms with E-state index in [-0.39, 0.29) is 18.0 Å². The third kappa shape index (κ3) is 4.92. The topological polar surface area (TPSA) is 118 Å². The number of rotatable bonds is 8. The average molecular weight is 491 g/mol. The summed E-state index contributed by atoms with van der Waals surface area (Å²) >= 11 is 0. The van der Waals surface area contributed by atoms with Gasteiger partial charge in [0.2, 0.25) is 11.7 Å². The van der Waals surface area contributed by atoms with Gasteiger partial charge in [-0.1, -0.05) is 5.16 Å². The van der Waals surface area contributed by atoms with Gasteiger partial charge in [-0.25, -0.2) is 0 Å². The Morgan fingerprint density at radius 1 is 0.972 bits per heavy atom. The lowest BCUT2D eigenvalue weighted by molar-refractivity contribution is -0.116. The summed E-state index contributed by atoms with van der Waals surface area (Å²) in [5.41, 5.74) is 2.24. The molecule has 2 heterocycles. The molecule has 186 valence electrons. The van der Waals surface area contributed by atoms with Crippen LogP contribution in [0.4, 0.5) is 5.69 Å². The largest absolute Gasteiger partial charge is 0.497 e. The van der Waals surface area contributed by atoms with Crippen molar-refractivity contribution >= 4 is 11.6 Å². The second-order valence-corrected chi connectivity index (χ2v) is 8.00. The molecule has 0 radical (unpaired) electrons. The summed E-state index contributed by atoms with van der Waals surface area (Å²) in [6.07, 6.45) is 0. The number of hydrogen-bond donors (Lipinski definition) is 1. The average Bonchev–Trinajstić information content (AvgIpc) is 3.36. The Bertz CT molecular complexity index is 1460. The fourth-order valence-electron chi connectivity index (χ4n) is 3.81. The van der Waals surface area contributed by atoms with Gasteiger partial charge in [0.05, 0.1) is 27.0 Å². The summed E-state index contributed by atoms with van der Waals surface area (Å²) < 4.78 is 22.5. The number of hydrogen-bond acceptors (Lipinski definition) is 8. The van der Waals surface area contributed by atoms with Crippen LogP contribution < -0.4 is 25.1 Å². The molecule has 10 heteroatoms. The van der Waals surface area contributed by atoms with Crippen LogP contribution in [0, 0.1) is 13.8 Å². The molecular formula is C26H26N4O6. The maximum Gasteiger partial charge on any atom is 0.264 e. The summed E-state index contributed by atoms with van der Waals surface area (Å²) in [5, 5.41) is 6.81. The van der Waals surface area contributed by atoms with E-state index in [1.165, 1.54) is 18.8 Å². The number of carbonyl (C=O) groups excluding carboxylic acids is 1. The van der Waals surface area contributed by atoms with E-state index in [1.807, 2.05) is 0 Å². The number of ether oxygens (including phenoxy) is 3. The molecule has 0 aliphatic rings. The molecule has 2 aromatic carbocycles. The predicted molar refractivity (Wildman–Crippen MR) is 134 cm³/mol. The first-order chi connectivity index (χ1) is 17.3. The van der Waals surface area contributed by atoms with Crippen molar-refractivity contribution in [2.24, 2.45) is 0 Å². The second-order valence-electron chi connectivity index (χ2n) is 8.00. The van der Waals surface area contributed by atoms with Crippen molar-refractivity contribution < 1.29 is 23.5 Å². The van der Waals surface area contributed by atoms with Crippen LogP contribution in [0.2, 0.25) is 0 Å². The van der Waals surface area contributed by atoms with Crippen molar-refractivity contribution in [3.63, 3.8) is 0 Å². The molecule has 1 amide bonds. The van der Waals surface area contributed by atoms with Crippen LogP contribution in [-0.2, 0) is 11.3 Å². The summed E-state index contributed by atoms with van der Waals surface area (Å²) in [6.45, 7) is 3.32. The molecule has 0 unspecified atom stereocenters. The van der Waals surface area contributed by atoms with Crippen molar-refractivity contribution in [3.8, 4) is 40.1 Å². The summed E-state index contributed by atoms with van der Waals surface area (Å²) in [5.74, 6) is 1.72. The number of carbonyl (C=O) groups is 1. The Kier molecular flexibility index (Phi) is 7.05. The number of methoxy groups -OCH3 is 3. The van der Waals surface area contributed by atoms with Gasteiger partial charge in [0, 0.05) is 17.3 Å². The molecule has 2 aromatic heterocycles. The number of aryl methyl sites for hydroxylation is 2. The third-order valence-electron chi connectivity index (χ3n) is 5.68. The molecule has 4 aromatic rings. The number of pyridine rings is 1. The van der Waals surface area contributed by atoms with Crippen LogP contribution in [0.25, 0.3) is 22.8 Å². The van der Waals surface area contributed by atoms with Crippen molar-refractivity contribution in [2.45, 2.75) is 20.4 Å². The Hall–Kier alpha value is -4.60. The van der Waals surface area contributed by atoms with Crippen LogP contribution in [0.1, 0.15) is 11.3 Å². The highest BCUT2D eigenvalue weighted by Crippen LogP contribution is 2.29. The van der Waals surface area contributed by atoms with Crippen LogP contribution in [0.15, 0.2) is 57.8 Å². The van der Waals surface area contributed by atoms with E-state index in [0.29, 0.717) is 45.6 Å². The number of aromatic nitrogens is 3. The zero-order valence-electron chi connectivity index (χ0n) is 20.6. The first-order valence-electron chi connectivity index (χ1n) is 11.1. The molecule has 0 aliphatic heterocycles. The summed E-state index contributed by atoms with van der Waals surface area (Å²) in [6, 6.07) is 14.0. The maximum absolute atomic E-state index is 13.4. The van der Waals surface area contributed by atoms with E-state index in [2.05, 4.69) is 15.5 Å². The van der Waals surface area contributed by atoms with Crippen LogP contribution in [-0.4, -0.2) is 41.9 Å². The highest BCUT2D eigenvalue weighted by atomic mass is 16.5. The van der Waals surface area contributed by atoms with E-state index in [9.17, 15) is 9.59 Å². The number of amides is 1. The predicted octanol–water partition coefficient (Wildman–Crippen LogP) is 3.85. The minimum Gasteiger partial charge on any atom is -0.497 e. The van der Waals surface area contributed by atoms with Gasteiger partial charge in [-0.05, 0) is 61.9 Å². The van der Waals surface area contributed by atoms with Gasteiger partial charge in [-0.3, -0.25) is 9.59 Å². The fraction of sp³-hybridized carbons (Fsp3) is 0.231. The lowest BCUT2D eigenvalue weighted by Crippen LogP contribution is -2.30. The molecule has 0 fully saturated rings. The Morgan fingerprint density at radius 3 is 2.33 bits per heavy atom. The third-order valence-corrected chi connectivity index (χ3v) is 5.68. The van der Waals surface area contributed by atoms with Crippen molar-refractivity contribution in [1.82, 2.24) is 14.7 Å². The summed E-state index contributed by atoms with van der Waals surface area (Å²) in [7, 11) is 4.62. The molecule has 0 saturated heterocycles. The van der Waals surface area contributed by atoms with Gasteiger partial charge in [-0.15, -0.1) is 0 Å². The van der Waals surface area contributed by atoms with E-state index in [4.69, 9.17) is 18.7 Å². The van der Waals surface area contributed by atoms with Gasteiger partial charge in [0.1, 0.15) is 29.4 Å². The fourth-order valence-corrected chi connectivity index (χ4v) is 3.81.